The Morgan fingerprint density at radius 3 is 2.07 bits per heavy atom. The van der Waals surface area contributed by atoms with Crippen LogP contribution in [0.5, 0.6) is 0 Å². The number of carboxylic acid groups (broad SMARTS) is 2. The third-order valence-corrected chi connectivity index (χ3v) is 2.52. The van der Waals surface area contributed by atoms with Gasteiger partial charge in [-0.25, -0.2) is 0 Å². The van der Waals surface area contributed by atoms with E-state index in [0.717, 1.165) is 6.42 Å². The van der Waals surface area contributed by atoms with Crippen LogP contribution in [0.15, 0.2) is 0 Å². The molecule has 82 valence electrons. The van der Waals surface area contributed by atoms with Gasteiger partial charge in [-0.1, -0.05) is 13.8 Å². The summed E-state index contributed by atoms with van der Waals surface area (Å²) in [5, 5.41) is 17.0. The van der Waals surface area contributed by atoms with Crippen molar-refractivity contribution in [3.63, 3.8) is 0 Å². The van der Waals surface area contributed by atoms with Crippen LogP contribution >= 0.6 is 0 Å². The maximum absolute atomic E-state index is 10.4. The molecule has 14 heavy (non-hydrogen) atoms. The van der Waals surface area contributed by atoms with Crippen LogP contribution in [0.4, 0.5) is 0 Å². The predicted octanol–water partition coefficient (Wildman–Crippen LogP) is 1.99. The van der Waals surface area contributed by atoms with Gasteiger partial charge in [-0.15, -0.1) is 0 Å². The van der Waals surface area contributed by atoms with Crippen molar-refractivity contribution in [3.8, 4) is 0 Å². The Labute approximate surface area is 83.9 Å². The molecule has 0 radical (unpaired) electrons. The molecule has 0 rings (SSSR count). The van der Waals surface area contributed by atoms with E-state index in [2.05, 4.69) is 0 Å². The molecular formula is C10H18O4. The molecule has 2 N–H and O–H groups in total. The van der Waals surface area contributed by atoms with Crippen LogP contribution in [0.1, 0.15) is 39.5 Å². The zero-order valence-electron chi connectivity index (χ0n) is 8.69. The SMILES string of the molecule is CC(CCCC(=O)O)C(C)CC(=O)O. The van der Waals surface area contributed by atoms with Crippen molar-refractivity contribution in [3.05, 3.63) is 0 Å². The molecule has 0 aromatic carbocycles. The minimum Gasteiger partial charge on any atom is -0.481 e. The first-order valence-corrected chi connectivity index (χ1v) is 4.87. The molecule has 4 nitrogen and oxygen atoms in total. The van der Waals surface area contributed by atoms with E-state index in [0.29, 0.717) is 6.42 Å². The van der Waals surface area contributed by atoms with Crippen LogP contribution in [-0.2, 0) is 9.59 Å². The third-order valence-electron chi connectivity index (χ3n) is 2.52. The average molecular weight is 202 g/mol. The maximum Gasteiger partial charge on any atom is 0.303 e. The highest BCUT2D eigenvalue weighted by Gasteiger charge is 2.15. The highest BCUT2D eigenvalue weighted by atomic mass is 16.4. The van der Waals surface area contributed by atoms with Crippen LogP contribution in [0, 0.1) is 11.8 Å². The maximum atomic E-state index is 10.4. The summed E-state index contributed by atoms with van der Waals surface area (Å²) in [5.41, 5.74) is 0. The molecule has 0 bridgehead atoms. The lowest BCUT2D eigenvalue weighted by Crippen LogP contribution is -2.13. The molecule has 0 amide bonds. The second-order valence-electron chi connectivity index (χ2n) is 3.84. The van der Waals surface area contributed by atoms with Gasteiger partial charge in [0.05, 0.1) is 0 Å². The van der Waals surface area contributed by atoms with Gasteiger partial charge < -0.3 is 10.2 Å². The Balaban J connectivity index is 3.66. The molecule has 2 unspecified atom stereocenters. The van der Waals surface area contributed by atoms with Crippen LogP contribution in [0.25, 0.3) is 0 Å². The Hall–Kier alpha value is -1.06. The zero-order valence-corrected chi connectivity index (χ0v) is 8.69. The molecule has 0 aliphatic heterocycles. The van der Waals surface area contributed by atoms with Crippen molar-refractivity contribution in [2.45, 2.75) is 39.5 Å². The molecule has 0 fully saturated rings. The first kappa shape index (κ1) is 12.9. The Morgan fingerprint density at radius 2 is 1.64 bits per heavy atom. The van der Waals surface area contributed by atoms with Gasteiger partial charge >= 0.3 is 11.9 Å². The molecule has 0 saturated carbocycles. The molecule has 2 atom stereocenters. The van der Waals surface area contributed by atoms with Gasteiger partial charge in [0.25, 0.3) is 0 Å². The van der Waals surface area contributed by atoms with Crippen molar-refractivity contribution in [2.75, 3.05) is 0 Å². The lowest BCUT2D eigenvalue weighted by Gasteiger charge is -2.17. The second kappa shape index (κ2) is 6.40. The summed E-state index contributed by atoms with van der Waals surface area (Å²) in [5.74, 6) is -1.20. The van der Waals surface area contributed by atoms with Crippen molar-refractivity contribution in [2.24, 2.45) is 11.8 Å². The first-order valence-electron chi connectivity index (χ1n) is 4.87. The number of carboxylic acids is 2. The fourth-order valence-electron chi connectivity index (χ4n) is 1.34. The monoisotopic (exact) mass is 202 g/mol. The molecule has 0 aliphatic rings. The van der Waals surface area contributed by atoms with E-state index in [9.17, 15) is 9.59 Å². The number of hydrogen-bond acceptors (Lipinski definition) is 2. The van der Waals surface area contributed by atoms with Gasteiger partial charge in [0.15, 0.2) is 0 Å². The fourth-order valence-corrected chi connectivity index (χ4v) is 1.34. The summed E-state index contributed by atoms with van der Waals surface area (Å²) in [4.78, 5) is 20.6. The van der Waals surface area contributed by atoms with E-state index in [1.54, 1.807) is 0 Å². The normalized spacial score (nSPS) is 14.7. The minimum absolute atomic E-state index is 0.112. The topological polar surface area (TPSA) is 74.6 Å². The van der Waals surface area contributed by atoms with E-state index < -0.39 is 11.9 Å². The van der Waals surface area contributed by atoms with E-state index in [-0.39, 0.29) is 24.7 Å². The number of aliphatic carboxylic acids is 2. The molecular weight excluding hydrogens is 184 g/mol. The fraction of sp³-hybridized carbons (Fsp3) is 0.800. The highest BCUT2D eigenvalue weighted by molar-refractivity contribution is 5.67. The van der Waals surface area contributed by atoms with Crippen molar-refractivity contribution < 1.29 is 19.8 Å². The Bertz CT molecular complexity index is 200. The quantitative estimate of drug-likeness (QED) is 0.662. The summed E-state index contributed by atoms with van der Waals surface area (Å²) in [6.45, 7) is 3.86. The molecule has 0 aromatic heterocycles. The number of rotatable bonds is 7. The van der Waals surface area contributed by atoms with Gasteiger partial charge in [-0.05, 0) is 24.7 Å². The van der Waals surface area contributed by atoms with Gasteiger partial charge in [0.2, 0.25) is 0 Å². The Kier molecular flexibility index (Phi) is 5.92. The number of hydrogen-bond donors (Lipinski definition) is 2. The summed E-state index contributed by atoms with van der Waals surface area (Å²) < 4.78 is 0. The molecule has 0 heterocycles. The van der Waals surface area contributed by atoms with Crippen molar-refractivity contribution in [1.29, 1.82) is 0 Å². The third kappa shape index (κ3) is 6.46. The van der Waals surface area contributed by atoms with Crippen molar-refractivity contribution >= 4 is 11.9 Å². The summed E-state index contributed by atoms with van der Waals surface area (Å²) in [6, 6.07) is 0. The molecule has 0 aromatic rings. The minimum atomic E-state index is -0.789. The average Bonchev–Trinajstić information content (AvgIpc) is 2.01. The summed E-state index contributed by atoms with van der Waals surface area (Å²) >= 11 is 0. The van der Waals surface area contributed by atoms with Crippen LogP contribution in [-0.4, -0.2) is 22.2 Å². The van der Waals surface area contributed by atoms with Crippen LogP contribution in [0.2, 0.25) is 0 Å². The Morgan fingerprint density at radius 1 is 1.07 bits per heavy atom. The van der Waals surface area contributed by atoms with Crippen molar-refractivity contribution in [1.82, 2.24) is 0 Å². The molecule has 0 spiro atoms. The molecule has 0 saturated heterocycles. The van der Waals surface area contributed by atoms with Crippen LogP contribution < -0.4 is 0 Å². The molecule has 4 heteroatoms. The largest absolute Gasteiger partial charge is 0.481 e. The highest BCUT2D eigenvalue weighted by Crippen LogP contribution is 2.20. The van der Waals surface area contributed by atoms with E-state index in [1.165, 1.54) is 0 Å². The standard InChI is InChI=1S/C10H18O4/c1-7(4-3-5-9(11)12)8(2)6-10(13)14/h7-8H,3-6H2,1-2H3,(H,11,12)(H,13,14). The van der Waals surface area contributed by atoms with Gasteiger partial charge in [0, 0.05) is 12.8 Å². The predicted molar refractivity (Wildman–Crippen MR) is 52.1 cm³/mol. The van der Waals surface area contributed by atoms with Gasteiger partial charge in [-0.3, -0.25) is 9.59 Å². The smallest absolute Gasteiger partial charge is 0.303 e. The summed E-state index contributed by atoms with van der Waals surface area (Å²) in [6.07, 6.45) is 1.74. The van der Waals surface area contributed by atoms with Gasteiger partial charge in [0.1, 0.15) is 0 Å². The second-order valence-corrected chi connectivity index (χ2v) is 3.84. The van der Waals surface area contributed by atoms with E-state index in [4.69, 9.17) is 10.2 Å². The van der Waals surface area contributed by atoms with E-state index >= 15 is 0 Å². The van der Waals surface area contributed by atoms with E-state index in [1.807, 2.05) is 13.8 Å². The lowest BCUT2D eigenvalue weighted by atomic mass is 9.89. The lowest BCUT2D eigenvalue weighted by molar-refractivity contribution is -0.139. The van der Waals surface area contributed by atoms with Gasteiger partial charge in [-0.2, -0.15) is 0 Å². The molecule has 0 aliphatic carbocycles. The number of carbonyl (C=O) groups is 2. The summed E-state index contributed by atoms with van der Waals surface area (Å²) in [7, 11) is 0. The van der Waals surface area contributed by atoms with Crippen LogP contribution in [0.3, 0.4) is 0 Å². The zero-order chi connectivity index (χ0) is 11.1. The first-order chi connectivity index (χ1) is 6.43.